The fourth-order valence-electron chi connectivity index (χ4n) is 1.73. The van der Waals surface area contributed by atoms with Crippen LogP contribution in [0.4, 0.5) is 0 Å². The quantitative estimate of drug-likeness (QED) is 0.608. The predicted molar refractivity (Wildman–Crippen MR) is 72.7 cm³/mol. The van der Waals surface area contributed by atoms with Crippen molar-refractivity contribution in [2.24, 2.45) is 0 Å². The van der Waals surface area contributed by atoms with Crippen LogP contribution in [-0.2, 0) is 22.7 Å². The highest BCUT2D eigenvalue weighted by Gasteiger charge is 2.00. The zero-order valence-corrected chi connectivity index (χ0v) is 10.8. The summed E-state index contributed by atoms with van der Waals surface area (Å²) in [4.78, 5) is 10.9. The van der Waals surface area contributed by atoms with Crippen molar-refractivity contribution in [3.8, 4) is 5.75 Å². The SMILES string of the molecule is CC(=O)Oc1cccc(COCc2ccccc2)c1. The lowest BCUT2D eigenvalue weighted by atomic mass is 10.2. The molecule has 0 atom stereocenters. The third-order valence-corrected chi connectivity index (χ3v) is 2.54. The van der Waals surface area contributed by atoms with Gasteiger partial charge in [-0.25, -0.2) is 0 Å². The highest BCUT2D eigenvalue weighted by molar-refractivity contribution is 5.69. The Morgan fingerprint density at radius 3 is 2.37 bits per heavy atom. The van der Waals surface area contributed by atoms with Crippen molar-refractivity contribution in [3.63, 3.8) is 0 Å². The van der Waals surface area contributed by atoms with E-state index in [-0.39, 0.29) is 5.97 Å². The summed E-state index contributed by atoms with van der Waals surface area (Å²) in [6.45, 7) is 2.45. The Labute approximate surface area is 112 Å². The van der Waals surface area contributed by atoms with E-state index in [0.29, 0.717) is 19.0 Å². The molecule has 0 aliphatic rings. The minimum atomic E-state index is -0.317. The molecule has 3 heteroatoms. The lowest BCUT2D eigenvalue weighted by molar-refractivity contribution is -0.131. The molecule has 0 fully saturated rings. The normalized spacial score (nSPS) is 10.2. The minimum Gasteiger partial charge on any atom is -0.427 e. The Morgan fingerprint density at radius 1 is 0.947 bits per heavy atom. The maximum absolute atomic E-state index is 10.9. The topological polar surface area (TPSA) is 35.5 Å². The Balaban J connectivity index is 1.87. The maximum atomic E-state index is 10.9. The van der Waals surface area contributed by atoms with Gasteiger partial charge in [-0.15, -0.1) is 0 Å². The van der Waals surface area contributed by atoms with E-state index in [9.17, 15) is 4.79 Å². The Kier molecular flexibility index (Phi) is 4.70. The van der Waals surface area contributed by atoms with Crippen molar-refractivity contribution >= 4 is 5.97 Å². The molecule has 19 heavy (non-hydrogen) atoms. The van der Waals surface area contributed by atoms with Crippen LogP contribution in [0.15, 0.2) is 54.6 Å². The molecule has 0 N–H and O–H groups in total. The third-order valence-electron chi connectivity index (χ3n) is 2.54. The highest BCUT2D eigenvalue weighted by Crippen LogP contribution is 2.14. The van der Waals surface area contributed by atoms with E-state index in [1.165, 1.54) is 6.92 Å². The fourth-order valence-corrected chi connectivity index (χ4v) is 1.73. The molecule has 0 amide bonds. The van der Waals surface area contributed by atoms with Crippen LogP contribution in [0.2, 0.25) is 0 Å². The van der Waals surface area contributed by atoms with Crippen LogP contribution in [-0.4, -0.2) is 5.97 Å². The zero-order chi connectivity index (χ0) is 13.5. The van der Waals surface area contributed by atoms with Gasteiger partial charge >= 0.3 is 5.97 Å². The summed E-state index contributed by atoms with van der Waals surface area (Å²) in [6.07, 6.45) is 0. The average molecular weight is 256 g/mol. The summed E-state index contributed by atoms with van der Waals surface area (Å²) in [7, 11) is 0. The summed E-state index contributed by atoms with van der Waals surface area (Å²) < 4.78 is 10.7. The van der Waals surface area contributed by atoms with Gasteiger partial charge in [0, 0.05) is 6.92 Å². The molecule has 0 saturated carbocycles. The average Bonchev–Trinajstić information content (AvgIpc) is 2.40. The molecule has 0 saturated heterocycles. The Bertz CT molecular complexity index is 535. The molecule has 0 bridgehead atoms. The van der Waals surface area contributed by atoms with Crippen molar-refractivity contribution in [3.05, 3.63) is 65.7 Å². The van der Waals surface area contributed by atoms with E-state index in [2.05, 4.69) is 0 Å². The molecule has 98 valence electrons. The summed E-state index contributed by atoms with van der Waals surface area (Å²) in [5, 5.41) is 0. The molecule has 0 radical (unpaired) electrons. The van der Waals surface area contributed by atoms with Crippen LogP contribution in [0.1, 0.15) is 18.1 Å². The van der Waals surface area contributed by atoms with Gasteiger partial charge in [0.25, 0.3) is 0 Å². The number of esters is 1. The van der Waals surface area contributed by atoms with Gasteiger partial charge in [0.05, 0.1) is 13.2 Å². The molecule has 0 aliphatic heterocycles. The molecule has 2 rings (SSSR count). The molecule has 0 aromatic heterocycles. The largest absolute Gasteiger partial charge is 0.427 e. The van der Waals surface area contributed by atoms with E-state index in [0.717, 1.165) is 11.1 Å². The van der Waals surface area contributed by atoms with Gasteiger partial charge in [-0.3, -0.25) is 4.79 Å². The number of hydrogen-bond acceptors (Lipinski definition) is 3. The number of carbonyl (C=O) groups is 1. The van der Waals surface area contributed by atoms with Crippen LogP contribution in [0, 0.1) is 0 Å². The summed E-state index contributed by atoms with van der Waals surface area (Å²) in [6, 6.07) is 17.3. The van der Waals surface area contributed by atoms with Crippen LogP contribution in [0.25, 0.3) is 0 Å². The van der Waals surface area contributed by atoms with Crippen LogP contribution in [0.3, 0.4) is 0 Å². The van der Waals surface area contributed by atoms with Crippen molar-refractivity contribution in [2.75, 3.05) is 0 Å². The summed E-state index contributed by atoms with van der Waals surface area (Å²) in [5.41, 5.74) is 2.12. The van der Waals surface area contributed by atoms with E-state index < -0.39 is 0 Å². The maximum Gasteiger partial charge on any atom is 0.308 e. The van der Waals surface area contributed by atoms with Gasteiger partial charge in [0.2, 0.25) is 0 Å². The minimum absolute atomic E-state index is 0.317. The van der Waals surface area contributed by atoms with Gasteiger partial charge in [-0.05, 0) is 23.3 Å². The van der Waals surface area contributed by atoms with Crippen molar-refractivity contribution in [1.29, 1.82) is 0 Å². The monoisotopic (exact) mass is 256 g/mol. The number of rotatable bonds is 5. The van der Waals surface area contributed by atoms with Gasteiger partial charge in [0.15, 0.2) is 0 Å². The molecule has 2 aromatic rings. The van der Waals surface area contributed by atoms with Gasteiger partial charge in [-0.2, -0.15) is 0 Å². The number of ether oxygens (including phenoxy) is 2. The van der Waals surface area contributed by atoms with E-state index in [1.54, 1.807) is 6.07 Å². The standard InChI is InChI=1S/C16H16O3/c1-13(17)19-16-9-5-8-15(10-16)12-18-11-14-6-3-2-4-7-14/h2-10H,11-12H2,1H3. The molecule has 3 nitrogen and oxygen atoms in total. The lowest BCUT2D eigenvalue weighted by Crippen LogP contribution is -2.02. The first-order chi connectivity index (χ1) is 9.24. The molecule has 2 aromatic carbocycles. The molecular weight excluding hydrogens is 240 g/mol. The van der Waals surface area contributed by atoms with Gasteiger partial charge < -0.3 is 9.47 Å². The number of benzene rings is 2. The second kappa shape index (κ2) is 6.71. The smallest absolute Gasteiger partial charge is 0.308 e. The first kappa shape index (κ1) is 13.3. The van der Waals surface area contributed by atoms with Crippen LogP contribution < -0.4 is 4.74 Å². The molecule has 0 heterocycles. The van der Waals surface area contributed by atoms with Gasteiger partial charge in [0.1, 0.15) is 5.75 Å². The molecule has 0 aliphatic carbocycles. The van der Waals surface area contributed by atoms with E-state index in [1.807, 2.05) is 48.5 Å². The number of hydrogen-bond donors (Lipinski definition) is 0. The second-order valence-electron chi connectivity index (χ2n) is 4.22. The fraction of sp³-hybridized carbons (Fsp3) is 0.188. The summed E-state index contributed by atoms with van der Waals surface area (Å²) in [5.74, 6) is 0.232. The van der Waals surface area contributed by atoms with E-state index in [4.69, 9.17) is 9.47 Å². The highest BCUT2D eigenvalue weighted by atomic mass is 16.5. The Hall–Kier alpha value is -2.13. The molecular formula is C16H16O3. The first-order valence-electron chi connectivity index (χ1n) is 6.13. The van der Waals surface area contributed by atoms with Crippen molar-refractivity contribution in [2.45, 2.75) is 20.1 Å². The second-order valence-corrected chi connectivity index (χ2v) is 4.22. The number of carbonyl (C=O) groups excluding carboxylic acids is 1. The van der Waals surface area contributed by atoms with Crippen molar-refractivity contribution in [1.82, 2.24) is 0 Å². The Morgan fingerprint density at radius 2 is 1.63 bits per heavy atom. The van der Waals surface area contributed by atoms with Crippen molar-refractivity contribution < 1.29 is 14.3 Å². The lowest BCUT2D eigenvalue weighted by Gasteiger charge is -2.06. The first-order valence-corrected chi connectivity index (χ1v) is 6.13. The van der Waals surface area contributed by atoms with Gasteiger partial charge in [-0.1, -0.05) is 42.5 Å². The summed E-state index contributed by atoms with van der Waals surface area (Å²) >= 11 is 0. The third kappa shape index (κ3) is 4.56. The van der Waals surface area contributed by atoms with E-state index >= 15 is 0 Å². The van der Waals surface area contributed by atoms with Crippen LogP contribution in [0.5, 0.6) is 5.75 Å². The zero-order valence-electron chi connectivity index (χ0n) is 10.8. The molecule has 0 unspecified atom stereocenters. The molecule has 0 spiro atoms. The van der Waals surface area contributed by atoms with Crippen LogP contribution >= 0.6 is 0 Å². The predicted octanol–water partition coefficient (Wildman–Crippen LogP) is 3.33.